The summed E-state index contributed by atoms with van der Waals surface area (Å²) in [4.78, 5) is 26.0. The van der Waals surface area contributed by atoms with E-state index in [2.05, 4.69) is 10.3 Å². The van der Waals surface area contributed by atoms with Crippen LogP contribution >= 0.6 is 0 Å². The quantitative estimate of drug-likeness (QED) is 0.888. The largest absolute Gasteiger partial charge is 0.345 e. The van der Waals surface area contributed by atoms with Gasteiger partial charge in [-0.15, -0.1) is 0 Å². The van der Waals surface area contributed by atoms with E-state index in [1.807, 2.05) is 13.0 Å². The number of hydrogen-bond acceptors (Lipinski definition) is 3. The van der Waals surface area contributed by atoms with Gasteiger partial charge in [-0.1, -0.05) is 12.1 Å². The zero-order valence-corrected chi connectivity index (χ0v) is 10.9. The van der Waals surface area contributed by atoms with Gasteiger partial charge in [-0.05, 0) is 36.8 Å². The molecule has 2 rings (SSSR count). The Morgan fingerprint density at radius 3 is 2.60 bits per heavy atom. The third-order valence-corrected chi connectivity index (χ3v) is 2.95. The number of nitrogens with zero attached hydrogens (tertiary/aromatic N) is 1. The van der Waals surface area contributed by atoms with Gasteiger partial charge >= 0.3 is 0 Å². The molecule has 1 atom stereocenters. The van der Waals surface area contributed by atoms with Crippen molar-refractivity contribution in [2.75, 3.05) is 0 Å². The van der Waals surface area contributed by atoms with E-state index in [4.69, 9.17) is 5.26 Å². The van der Waals surface area contributed by atoms with Crippen molar-refractivity contribution in [3.8, 4) is 6.07 Å². The van der Waals surface area contributed by atoms with Crippen molar-refractivity contribution in [1.29, 1.82) is 5.26 Å². The molecular formula is C15H13N3O2. The lowest BCUT2D eigenvalue weighted by atomic mass is 10.1. The number of aromatic nitrogens is 1. The van der Waals surface area contributed by atoms with E-state index in [-0.39, 0.29) is 11.6 Å². The zero-order chi connectivity index (χ0) is 14.5. The van der Waals surface area contributed by atoms with Gasteiger partial charge in [0.15, 0.2) is 0 Å². The molecule has 1 aromatic heterocycles. The van der Waals surface area contributed by atoms with E-state index in [0.717, 1.165) is 5.56 Å². The van der Waals surface area contributed by atoms with Crippen molar-refractivity contribution in [3.63, 3.8) is 0 Å². The number of nitriles is 1. The van der Waals surface area contributed by atoms with Crippen LogP contribution in [0.1, 0.15) is 34.5 Å². The van der Waals surface area contributed by atoms with Crippen LogP contribution in [0.3, 0.4) is 0 Å². The number of amides is 1. The molecular weight excluding hydrogens is 254 g/mol. The molecule has 5 nitrogen and oxygen atoms in total. The van der Waals surface area contributed by atoms with Gasteiger partial charge in [-0.3, -0.25) is 9.59 Å². The summed E-state index contributed by atoms with van der Waals surface area (Å²) in [6.07, 6.45) is 1.48. The van der Waals surface area contributed by atoms with Crippen LogP contribution in [-0.2, 0) is 0 Å². The van der Waals surface area contributed by atoms with Crippen LogP contribution in [-0.4, -0.2) is 10.9 Å². The molecule has 0 aliphatic carbocycles. The standard InChI is InChI=1S/C15H13N3O2/c1-10(12-6-4-11(9-16)5-7-12)18-15(20)13-3-2-8-17-14(13)19/h2-8,10H,1H3,(H,17,19)(H,18,20). The first-order valence-electron chi connectivity index (χ1n) is 6.10. The molecule has 0 fully saturated rings. The van der Waals surface area contributed by atoms with Crippen LogP contribution < -0.4 is 10.9 Å². The fourth-order valence-corrected chi connectivity index (χ4v) is 1.80. The third-order valence-electron chi connectivity index (χ3n) is 2.95. The van der Waals surface area contributed by atoms with Gasteiger partial charge in [-0.25, -0.2) is 0 Å². The molecule has 1 unspecified atom stereocenters. The highest BCUT2D eigenvalue weighted by atomic mass is 16.2. The lowest BCUT2D eigenvalue weighted by molar-refractivity contribution is 0.0938. The third kappa shape index (κ3) is 2.93. The number of carbonyl (C=O) groups excluding carboxylic acids is 1. The maximum Gasteiger partial charge on any atom is 0.260 e. The minimum atomic E-state index is -0.427. The maximum absolute atomic E-state index is 12.0. The topological polar surface area (TPSA) is 85.8 Å². The predicted octanol–water partition coefficient (Wildman–Crippen LogP) is 1.74. The molecule has 0 saturated heterocycles. The normalized spacial score (nSPS) is 11.4. The Bertz CT molecular complexity index is 711. The first-order chi connectivity index (χ1) is 9.61. The lowest BCUT2D eigenvalue weighted by Crippen LogP contribution is -2.31. The van der Waals surface area contributed by atoms with E-state index in [1.165, 1.54) is 12.3 Å². The highest BCUT2D eigenvalue weighted by Crippen LogP contribution is 2.13. The number of carbonyl (C=O) groups is 1. The Morgan fingerprint density at radius 2 is 2.00 bits per heavy atom. The number of benzene rings is 1. The Kier molecular flexibility index (Phi) is 3.96. The summed E-state index contributed by atoms with van der Waals surface area (Å²) in [5, 5.41) is 11.5. The summed E-state index contributed by atoms with van der Waals surface area (Å²) in [7, 11) is 0. The highest BCUT2D eigenvalue weighted by molar-refractivity contribution is 5.93. The molecule has 0 bridgehead atoms. The molecule has 5 heteroatoms. The lowest BCUT2D eigenvalue weighted by Gasteiger charge is -2.14. The van der Waals surface area contributed by atoms with Gasteiger partial charge in [0.25, 0.3) is 11.5 Å². The highest BCUT2D eigenvalue weighted by Gasteiger charge is 2.13. The van der Waals surface area contributed by atoms with Gasteiger partial charge < -0.3 is 10.3 Å². The summed E-state index contributed by atoms with van der Waals surface area (Å²) in [5.74, 6) is -0.427. The first kappa shape index (κ1) is 13.6. The summed E-state index contributed by atoms with van der Waals surface area (Å²) >= 11 is 0. The molecule has 20 heavy (non-hydrogen) atoms. The Hall–Kier alpha value is -2.87. The van der Waals surface area contributed by atoms with Crippen molar-refractivity contribution in [2.24, 2.45) is 0 Å². The second-order valence-electron chi connectivity index (χ2n) is 4.34. The van der Waals surface area contributed by atoms with Gasteiger partial charge in [0, 0.05) is 6.20 Å². The zero-order valence-electron chi connectivity index (χ0n) is 10.9. The number of aromatic amines is 1. The van der Waals surface area contributed by atoms with Gasteiger partial charge in [0.05, 0.1) is 17.7 Å². The first-order valence-corrected chi connectivity index (χ1v) is 6.10. The summed E-state index contributed by atoms with van der Waals surface area (Å²) in [5.41, 5.74) is 1.08. The summed E-state index contributed by atoms with van der Waals surface area (Å²) in [6, 6.07) is 11.8. The van der Waals surface area contributed by atoms with E-state index < -0.39 is 11.5 Å². The average Bonchev–Trinajstić information content (AvgIpc) is 2.47. The summed E-state index contributed by atoms with van der Waals surface area (Å²) in [6.45, 7) is 1.82. The van der Waals surface area contributed by atoms with Crippen molar-refractivity contribution in [2.45, 2.75) is 13.0 Å². The molecule has 2 N–H and O–H groups in total. The molecule has 1 aromatic carbocycles. The summed E-state index contributed by atoms with van der Waals surface area (Å²) < 4.78 is 0. The van der Waals surface area contributed by atoms with E-state index in [0.29, 0.717) is 5.56 Å². The molecule has 100 valence electrons. The Balaban J connectivity index is 2.13. The second kappa shape index (κ2) is 5.85. The fourth-order valence-electron chi connectivity index (χ4n) is 1.80. The molecule has 0 radical (unpaired) electrons. The van der Waals surface area contributed by atoms with Crippen LogP contribution in [0.15, 0.2) is 47.4 Å². The van der Waals surface area contributed by atoms with Crippen molar-refractivity contribution < 1.29 is 4.79 Å². The molecule has 0 aliphatic heterocycles. The monoisotopic (exact) mass is 267 g/mol. The molecule has 0 spiro atoms. The molecule has 0 saturated carbocycles. The molecule has 1 heterocycles. The molecule has 0 aliphatic rings. The molecule has 1 amide bonds. The number of hydrogen-bond donors (Lipinski definition) is 2. The number of nitrogens with one attached hydrogen (secondary N) is 2. The van der Waals surface area contributed by atoms with Gasteiger partial charge in [0.2, 0.25) is 0 Å². The van der Waals surface area contributed by atoms with Crippen LogP contribution in [0.4, 0.5) is 0 Å². The van der Waals surface area contributed by atoms with Crippen LogP contribution in [0, 0.1) is 11.3 Å². The van der Waals surface area contributed by atoms with Crippen molar-refractivity contribution >= 4 is 5.91 Å². The van der Waals surface area contributed by atoms with Crippen molar-refractivity contribution in [1.82, 2.24) is 10.3 Å². The smallest absolute Gasteiger partial charge is 0.260 e. The van der Waals surface area contributed by atoms with E-state index >= 15 is 0 Å². The SMILES string of the molecule is CC(NC(=O)c1ccc[nH]c1=O)c1ccc(C#N)cc1. The minimum absolute atomic E-state index is 0.0768. The fraction of sp³-hybridized carbons (Fsp3) is 0.133. The number of rotatable bonds is 3. The number of pyridine rings is 1. The van der Waals surface area contributed by atoms with Crippen LogP contribution in [0.2, 0.25) is 0 Å². The average molecular weight is 267 g/mol. The van der Waals surface area contributed by atoms with Crippen LogP contribution in [0.25, 0.3) is 0 Å². The molecule has 2 aromatic rings. The van der Waals surface area contributed by atoms with E-state index in [1.54, 1.807) is 30.3 Å². The minimum Gasteiger partial charge on any atom is -0.345 e. The predicted molar refractivity (Wildman–Crippen MR) is 74.1 cm³/mol. The van der Waals surface area contributed by atoms with E-state index in [9.17, 15) is 9.59 Å². The second-order valence-corrected chi connectivity index (χ2v) is 4.34. The Labute approximate surface area is 115 Å². The maximum atomic E-state index is 12.0. The van der Waals surface area contributed by atoms with Crippen LogP contribution in [0.5, 0.6) is 0 Å². The Morgan fingerprint density at radius 1 is 1.30 bits per heavy atom. The van der Waals surface area contributed by atoms with Crippen molar-refractivity contribution in [3.05, 3.63) is 69.6 Å². The van der Waals surface area contributed by atoms with Gasteiger partial charge in [0.1, 0.15) is 5.56 Å². The number of H-pyrrole nitrogens is 1. The van der Waals surface area contributed by atoms with Gasteiger partial charge in [-0.2, -0.15) is 5.26 Å².